The minimum absolute atomic E-state index is 0.119. The third-order valence-corrected chi connectivity index (χ3v) is 4.15. The monoisotopic (exact) mass is 331 g/mol. The molecule has 4 N–H and O–H groups in total. The molecule has 3 rings (SSSR count). The number of nitrogen functional groups attached to an aromatic ring is 2. The van der Waals surface area contributed by atoms with Crippen LogP contribution in [0.3, 0.4) is 0 Å². The smallest absolute Gasteiger partial charge is 0.223 e. The van der Waals surface area contributed by atoms with Crippen LogP contribution in [0, 0.1) is 0 Å². The molecule has 0 spiro atoms. The quantitative estimate of drug-likeness (QED) is 0.709. The number of nitrogens with zero attached hydrogens (tertiary/aromatic N) is 5. The van der Waals surface area contributed by atoms with Crippen molar-refractivity contribution in [1.82, 2.24) is 24.5 Å². The van der Waals surface area contributed by atoms with Crippen molar-refractivity contribution in [1.29, 1.82) is 0 Å². The van der Waals surface area contributed by atoms with Gasteiger partial charge in [-0.05, 0) is 24.0 Å². The zero-order valence-electron chi connectivity index (χ0n) is 13.0. The van der Waals surface area contributed by atoms with Crippen LogP contribution in [-0.2, 0) is 19.4 Å². The summed E-state index contributed by atoms with van der Waals surface area (Å²) in [5.41, 5.74) is 16.9. The summed E-state index contributed by atoms with van der Waals surface area (Å²) in [6, 6.07) is 0. The normalized spacial score (nSPS) is 11.3. The number of rotatable bonds is 4. The van der Waals surface area contributed by atoms with E-state index in [-0.39, 0.29) is 11.1 Å². The number of hydrogen-bond donors (Lipinski definition) is 2. The second kappa shape index (κ2) is 6.00. The van der Waals surface area contributed by atoms with Gasteiger partial charge in [-0.2, -0.15) is 9.97 Å². The Hall–Kier alpha value is -2.41. The molecule has 0 bridgehead atoms. The molecular formula is C15H18ClN7. The molecule has 0 aliphatic rings. The summed E-state index contributed by atoms with van der Waals surface area (Å²) in [5, 5.41) is 0.246. The number of hydrogen-bond acceptors (Lipinski definition) is 6. The van der Waals surface area contributed by atoms with E-state index < -0.39 is 0 Å². The standard InChI is InChI=1S/C15H18ClN7/c1-3-8-5-19-10(9(4-2)11(8)17)6-23-7-20-12-13(16)21-15(18)22-14(12)23/h5,7H,3-4,6H2,1-2H3,(H2,17,19)(H2,18,21,22). The fourth-order valence-corrected chi connectivity index (χ4v) is 2.89. The third kappa shape index (κ3) is 2.68. The third-order valence-electron chi connectivity index (χ3n) is 3.89. The predicted molar refractivity (Wildman–Crippen MR) is 91.3 cm³/mol. The number of pyridine rings is 1. The minimum Gasteiger partial charge on any atom is -0.398 e. The first-order valence-corrected chi connectivity index (χ1v) is 7.81. The molecule has 8 heteroatoms. The van der Waals surface area contributed by atoms with Crippen LogP contribution in [0.1, 0.15) is 30.7 Å². The Balaban J connectivity index is 2.08. The summed E-state index contributed by atoms with van der Waals surface area (Å²) >= 11 is 6.06. The highest BCUT2D eigenvalue weighted by Crippen LogP contribution is 2.24. The van der Waals surface area contributed by atoms with Gasteiger partial charge in [-0.15, -0.1) is 0 Å². The van der Waals surface area contributed by atoms with Gasteiger partial charge in [0.25, 0.3) is 0 Å². The number of fused-ring (bicyclic) bond motifs is 1. The summed E-state index contributed by atoms with van der Waals surface area (Å²) in [6.45, 7) is 4.64. The van der Waals surface area contributed by atoms with E-state index in [4.69, 9.17) is 23.1 Å². The van der Waals surface area contributed by atoms with Crippen LogP contribution in [0.25, 0.3) is 11.2 Å². The van der Waals surface area contributed by atoms with Gasteiger partial charge in [-0.3, -0.25) is 4.98 Å². The first-order chi connectivity index (χ1) is 11.0. The minimum atomic E-state index is 0.119. The van der Waals surface area contributed by atoms with E-state index in [0.29, 0.717) is 17.7 Å². The van der Waals surface area contributed by atoms with Gasteiger partial charge in [0.05, 0.1) is 18.6 Å². The van der Waals surface area contributed by atoms with Crippen LogP contribution in [-0.4, -0.2) is 24.5 Å². The van der Waals surface area contributed by atoms with E-state index in [0.717, 1.165) is 35.3 Å². The molecular weight excluding hydrogens is 314 g/mol. The van der Waals surface area contributed by atoms with Gasteiger partial charge < -0.3 is 16.0 Å². The fraction of sp³-hybridized carbons (Fsp3) is 0.333. The van der Waals surface area contributed by atoms with E-state index in [9.17, 15) is 0 Å². The van der Waals surface area contributed by atoms with Crippen molar-refractivity contribution in [3.63, 3.8) is 0 Å². The molecule has 3 aromatic heterocycles. The molecule has 23 heavy (non-hydrogen) atoms. The Morgan fingerprint density at radius 3 is 2.61 bits per heavy atom. The van der Waals surface area contributed by atoms with Crippen molar-refractivity contribution < 1.29 is 0 Å². The van der Waals surface area contributed by atoms with Crippen molar-refractivity contribution in [3.8, 4) is 0 Å². The highest BCUT2D eigenvalue weighted by molar-refractivity contribution is 6.33. The van der Waals surface area contributed by atoms with Gasteiger partial charge in [-0.1, -0.05) is 25.4 Å². The molecule has 120 valence electrons. The highest BCUT2D eigenvalue weighted by atomic mass is 35.5. The van der Waals surface area contributed by atoms with Gasteiger partial charge in [0.2, 0.25) is 5.95 Å². The first-order valence-electron chi connectivity index (χ1n) is 7.44. The molecule has 7 nitrogen and oxygen atoms in total. The molecule has 0 fully saturated rings. The van der Waals surface area contributed by atoms with E-state index in [1.165, 1.54) is 0 Å². The Labute approximate surface area is 138 Å². The zero-order chi connectivity index (χ0) is 16.6. The summed E-state index contributed by atoms with van der Waals surface area (Å²) in [4.78, 5) is 17.0. The average molecular weight is 332 g/mol. The Morgan fingerprint density at radius 2 is 1.91 bits per heavy atom. The van der Waals surface area contributed by atoms with Crippen LogP contribution in [0.4, 0.5) is 11.6 Å². The maximum atomic E-state index is 6.26. The zero-order valence-corrected chi connectivity index (χ0v) is 13.8. The number of aryl methyl sites for hydroxylation is 1. The van der Waals surface area contributed by atoms with Crippen LogP contribution < -0.4 is 11.5 Å². The molecule has 0 aliphatic heterocycles. The molecule has 3 aromatic rings. The Morgan fingerprint density at radius 1 is 1.13 bits per heavy atom. The molecule has 0 unspecified atom stereocenters. The number of nitrogens with two attached hydrogens (primary N) is 2. The van der Waals surface area contributed by atoms with Crippen molar-refractivity contribution in [3.05, 3.63) is 34.5 Å². The summed E-state index contributed by atoms with van der Waals surface area (Å²) in [5.74, 6) is 0.119. The summed E-state index contributed by atoms with van der Waals surface area (Å²) < 4.78 is 1.85. The molecule has 0 radical (unpaired) electrons. The summed E-state index contributed by atoms with van der Waals surface area (Å²) in [6.07, 6.45) is 5.17. The maximum absolute atomic E-state index is 6.26. The first kappa shape index (κ1) is 15.5. The van der Waals surface area contributed by atoms with E-state index in [2.05, 4.69) is 33.8 Å². The lowest BCUT2D eigenvalue weighted by atomic mass is 10.0. The molecule has 0 saturated heterocycles. The van der Waals surface area contributed by atoms with Gasteiger partial charge in [0, 0.05) is 11.9 Å². The molecule has 0 atom stereocenters. The SMILES string of the molecule is CCc1cnc(Cn2cnc3c(Cl)nc(N)nc32)c(CC)c1N. The molecule has 0 saturated carbocycles. The lowest BCUT2D eigenvalue weighted by Gasteiger charge is -2.14. The Bertz CT molecular complexity index is 872. The van der Waals surface area contributed by atoms with Crippen LogP contribution in [0.2, 0.25) is 5.15 Å². The molecule has 0 amide bonds. The van der Waals surface area contributed by atoms with E-state index in [1.54, 1.807) is 6.33 Å². The molecule has 0 aliphatic carbocycles. The lowest BCUT2D eigenvalue weighted by molar-refractivity contribution is 0.773. The van der Waals surface area contributed by atoms with Crippen molar-refractivity contribution in [2.24, 2.45) is 0 Å². The van der Waals surface area contributed by atoms with Crippen molar-refractivity contribution in [2.75, 3.05) is 11.5 Å². The second-order valence-corrected chi connectivity index (χ2v) is 5.60. The van der Waals surface area contributed by atoms with Crippen molar-refractivity contribution >= 4 is 34.4 Å². The molecule has 0 aromatic carbocycles. The van der Waals surface area contributed by atoms with Crippen LogP contribution in [0.15, 0.2) is 12.5 Å². The Kier molecular flexibility index (Phi) is 4.04. The largest absolute Gasteiger partial charge is 0.398 e. The predicted octanol–water partition coefficient (Wildman–Crippen LogP) is 2.21. The number of imidazole rings is 1. The van der Waals surface area contributed by atoms with Gasteiger partial charge in [-0.25, -0.2) is 4.98 Å². The second-order valence-electron chi connectivity index (χ2n) is 5.25. The van der Waals surface area contributed by atoms with E-state index in [1.807, 2.05) is 10.8 Å². The lowest BCUT2D eigenvalue weighted by Crippen LogP contribution is -2.10. The van der Waals surface area contributed by atoms with E-state index >= 15 is 0 Å². The number of halogens is 1. The van der Waals surface area contributed by atoms with Crippen LogP contribution >= 0.6 is 11.6 Å². The van der Waals surface area contributed by atoms with Gasteiger partial charge >= 0.3 is 0 Å². The van der Waals surface area contributed by atoms with Crippen LogP contribution in [0.5, 0.6) is 0 Å². The topological polar surface area (TPSA) is 109 Å². The molecule has 3 heterocycles. The number of aromatic nitrogens is 5. The van der Waals surface area contributed by atoms with Gasteiger partial charge in [0.1, 0.15) is 5.52 Å². The number of anilines is 2. The van der Waals surface area contributed by atoms with Crippen molar-refractivity contribution in [2.45, 2.75) is 33.2 Å². The summed E-state index contributed by atoms with van der Waals surface area (Å²) in [7, 11) is 0. The fourth-order valence-electron chi connectivity index (χ4n) is 2.67. The average Bonchev–Trinajstić information content (AvgIpc) is 2.91. The highest BCUT2D eigenvalue weighted by Gasteiger charge is 2.15. The maximum Gasteiger partial charge on any atom is 0.223 e. The van der Waals surface area contributed by atoms with Gasteiger partial charge in [0.15, 0.2) is 10.8 Å².